The maximum Gasteiger partial charge on any atom is 0.247 e. The first-order valence-electron chi connectivity index (χ1n) is 6.58. The van der Waals surface area contributed by atoms with Crippen LogP contribution in [-0.4, -0.2) is 10.2 Å². The Morgan fingerprint density at radius 2 is 1.95 bits per heavy atom. The Bertz CT molecular complexity index is 724. The van der Waals surface area contributed by atoms with E-state index in [1.165, 1.54) is 12.5 Å². The van der Waals surface area contributed by atoms with Crippen LogP contribution in [0.15, 0.2) is 53.3 Å². The maximum atomic E-state index is 13.7. The van der Waals surface area contributed by atoms with Gasteiger partial charge >= 0.3 is 0 Å². The van der Waals surface area contributed by atoms with Crippen LogP contribution in [0.1, 0.15) is 11.1 Å². The van der Waals surface area contributed by atoms with Gasteiger partial charge in [-0.1, -0.05) is 17.7 Å². The Kier molecular flexibility index (Phi) is 3.64. The first-order chi connectivity index (χ1) is 10.2. The summed E-state index contributed by atoms with van der Waals surface area (Å²) < 4.78 is 18.8. The highest BCUT2D eigenvalue weighted by molar-refractivity contribution is 5.58. The average Bonchev–Trinajstić information content (AvgIpc) is 3.03. The van der Waals surface area contributed by atoms with Crippen LogP contribution >= 0.6 is 0 Å². The lowest BCUT2D eigenvalue weighted by Crippen LogP contribution is -2.02. The van der Waals surface area contributed by atoms with Crippen molar-refractivity contribution < 1.29 is 8.81 Å². The molecule has 3 aromatic rings. The molecule has 0 fully saturated rings. The number of aryl methyl sites for hydroxylation is 1. The summed E-state index contributed by atoms with van der Waals surface area (Å²) in [6.07, 6.45) is 1.29. The van der Waals surface area contributed by atoms with Gasteiger partial charge in [-0.3, -0.25) is 0 Å². The summed E-state index contributed by atoms with van der Waals surface area (Å²) >= 11 is 0. The molecule has 4 nitrogen and oxygen atoms in total. The first-order valence-corrected chi connectivity index (χ1v) is 6.58. The number of halogens is 1. The van der Waals surface area contributed by atoms with Gasteiger partial charge in [-0.2, -0.15) is 0 Å². The number of aromatic nitrogens is 2. The minimum Gasteiger partial charge on any atom is -0.423 e. The molecule has 3 rings (SSSR count). The molecule has 1 aromatic heterocycles. The lowest BCUT2D eigenvalue weighted by molar-refractivity contribution is 0.568. The maximum absolute atomic E-state index is 13.7. The molecule has 0 spiro atoms. The fraction of sp³-hybridized carbons (Fsp3) is 0.125. The predicted octanol–water partition coefficient (Wildman–Crippen LogP) is 3.80. The second-order valence-corrected chi connectivity index (χ2v) is 4.77. The Morgan fingerprint density at radius 1 is 1.14 bits per heavy atom. The summed E-state index contributed by atoms with van der Waals surface area (Å²) in [4.78, 5) is 0. The van der Waals surface area contributed by atoms with Crippen LogP contribution in [-0.2, 0) is 6.54 Å². The topological polar surface area (TPSA) is 51.0 Å². The highest BCUT2D eigenvalue weighted by atomic mass is 19.1. The third kappa shape index (κ3) is 3.08. The molecule has 0 aliphatic carbocycles. The van der Waals surface area contributed by atoms with E-state index in [9.17, 15) is 4.39 Å². The molecular formula is C16H14FN3O. The van der Waals surface area contributed by atoms with E-state index in [4.69, 9.17) is 4.42 Å². The zero-order valence-corrected chi connectivity index (χ0v) is 11.5. The minimum absolute atomic E-state index is 0.199. The molecule has 0 saturated carbocycles. The molecule has 0 radical (unpaired) electrons. The molecule has 0 saturated heterocycles. The zero-order valence-electron chi connectivity index (χ0n) is 11.5. The molecule has 0 amide bonds. The normalized spacial score (nSPS) is 10.6. The third-order valence-corrected chi connectivity index (χ3v) is 3.18. The van der Waals surface area contributed by atoms with Gasteiger partial charge in [0.15, 0.2) is 0 Å². The molecule has 1 N–H and O–H groups in total. The molecule has 0 aliphatic rings. The summed E-state index contributed by atoms with van der Waals surface area (Å²) in [6, 6.07) is 12.6. The third-order valence-electron chi connectivity index (χ3n) is 3.18. The van der Waals surface area contributed by atoms with Crippen molar-refractivity contribution in [1.29, 1.82) is 0 Å². The molecular weight excluding hydrogens is 269 g/mol. The summed E-state index contributed by atoms with van der Waals surface area (Å²) in [7, 11) is 0. The highest BCUT2D eigenvalue weighted by Crippen LogP contribution is 2.19. The molecule has 2 aromatic carbocycles. The van der Waals surface area contributed by atoms with Crippen LogP contribution < -0.4 is 5.32 Å². The molecule has 0 aliphatic heterocycles. The first kappa shape index (κ1) is 13.3. The molecule has 0 bridgehead atoms. The second kappa shape index (κ2) is 5.75. The smallest absolute Gasteiger partial charge is 0.247 e. The van der Waals surface area contributed by atoms with Gasteiger partial charge in [-0.05, 0) is 37.3 Å². The molecule has 0 unspecified atom stereocenters. The molecule has 21 heavy (non-hydrogen) atoms. The van der Waals surface area contributed by atoms with E-state index in [1.807, 2.05) is 37.3 Å². The fourth-order valence-corrected chi connectivity index (χ4v) is 2.07. The van der Waals surface area contributed by atoms with E-state index >= 15 is 0 Å². The van der Waals surface area contributed by atoms with Gasteiger partial charge in [-0.25, -0.2) is 4.39 Å². The van der Waals surface area contributed by atoms with Gasteiger partial charge in [-0.15, -0.1) is 10.2 Å². The van der Waals surface area contributed by atoms with E-state index < -0.39 is 0 Å². The van der Waals surface area contributed by atoms with E-state index in [1.54, 1.807) is 6.07 Å². The van der Waals surface area contributed by atoms with Crippen LogP contribution in [0.5, 0.6) is 0 Å². The van der Waals surface area contributed by atoms with Crippen LogP contribution in [0.4, 0.5) is 10.1 Å². The van der Waals surface area contributed by atoms with Crippen molar-refractivity contribution in [2.45, 2.75) is 13.5 Å². The highest BCUT2D eigenvalue weighted by Gasteiger charge is 2.04. The molecule has 0 atom stereocenters. The van der Waals surface area contributed by atoms with Gasteiger partial charge in [0, 0.05) is 23.4 Å². The van der Waals surface area contributed by atoms with E-state index in [2.05, 4.69) is 15.5 Å². The number of anilines is 1. The Labute approximate surface area is 121 Å². The van der Waals surface area contributed by atoms with E-state index in [-0.39, 0.29) is 5.82 Å². The van der Waals surface area contributed by atoms with E-state index in [0.29, 0.717) is 18.0 Å². The Morgan fingerprint density at radius 3 is 2.67 bits per heavy atom. The van der Waals surface area contributed by atoms with Crippen molar-refractivity contribution in [1.82, 2.24) is 10.2 Å². The van der Waals surface area contributed by atoms with Gasteiger partial charge < -0.3 is 9.73 Å². The minimum atomic E-state index is -0.199. The number of nitrogens with one attached hydrogen (secondary N) is 1. The Balaban J connectivity index is 1.70. The van der Waals surface area contributed by atoms with Gasteiger partial charge in [0.2, 0.25) is 12.3 Å². The van der Waals surface area contributed by atoms with Crippen molar-refractivity contribution in [2.24, 2.45) is 0 Å². The van der Waals surface area contributed by atoms with Crippen LogP contribution in [0, 0.1) is 12.7 Å². The number of nitrogens with zero attached hydrogens (tertiary/aromatic N) is 2. The fourth-order valence-electron chi connectivity index (χ4n) is 2.07. The SMILES string of the molecule is Cc1ccc(F)c(CNc2ccc(-c3nnco3)cc2)c1. The number of hydrogen-bond donors (Lipinski definition) is 1. The number of hydrogen-bond acceptors (Lipinski definition) is 4. The standard InChI is InChI=1S/C16H14FN3O/c1-11-2-7-15(17)13(8-11)9-18-14-5-3-12(4-6-14)16-20-19-10-21-16/h2-8,10,18H,9H2,1H3. The summed E-state index contributed by atoms with van der Waals surface area (Å²) in [5, 5.41) is 10.7. The molecule has 5 heteroatoms. The zero-order chi connectivity index (χ0) is 14.7. The van der Waals surface area contributed by atoms with Crippen molar-refractivity contribution in [3.05, 3.63) is 65.8 Å². The van der Waals surface area contributed by atoms with Crippen LogP contribution in [0.25, 0.3) is 11.5 Å². The molecule has 106 valence electrons. The van der Waals surface area contributed by atoms with Crippen LogP contribution in [0.2, 0.25) is 0 Å². The van der Waals surface area contributed by atoms with Crippen molar-refractivity contribution in [3.8, 4) is 11.5 Å². The summed E-state index contributed by atoms with van der Waals surface area (Å²) in [6.45, 7) is 2.38. The Hall–Kier alpha value is -2.69. The van der Waals surface area contributed by atoms with Crippen molar-refractivity contribution in [3.63, 3.8) is 0 Å². The summed E-state index contributed by atoms with van der Waals surface area (Å²) in [5.74, 6) is 0.279. The van der Waals surface area contributed by atoms with Gasteiger partial charge in [0.25, 0.3) is 0 Å². The second-order valence-electron chi connectivity index (χ2n) is 4.77. The monoisotopic (exact) mass is 283 g/mol. The van der Waals surface area contributed by atoms with Crippen LogP contribution in [0.3, 0.4) is 0 Å². The number of rotatable bonds is 4. The van der Waals surface area contributed by atoms with Gasteiger partial charge in [0.05, 0.1) is 0 Å². The quantitative estimate of drug-likeness (QED) is 0.791. The molecule has 1 heterocycles. The largest absolute Gasteiger partial charge is 0.423 e. The number of benzene rings is 2. The summed E-state index contributed by atoms with van der Waals surface area (Å²) in [5.41, 5.74) is 3.44. The van der Waals surface area contributed by atoms with Gasteiger partial charge in [0.1, 0.15) is 5.82 Å². The lowest BCUT2D eigenvalue weighted by atomic mass is 10.1. The van der Waals surface area contributed by atoms with Crippen molar-refractivity contribution >= 4 is 5.69 Å². The van der Waals surface area contributed by atoms with Crippen molar-refractivity contribution in [2.75, 3.05) is 5.32 Å². The average molecular weight is 283 g/mol. The lowest BCUT2D eigenvalue weighted by Gasteiger charge is -2.08. The van der Waals surface area contributed by atoms with E-state index in [0.717, 1.165) is 16.8 Å². The predicted molar refractivity (Wildman–Crippen MR) is 78.2 cm³/mol.